The normalized spacial score (nSPS) is 34.7. The zero-order valence-corrected chi connectivity index (χ0v) is 20.7. The van der Waals surface area contributed by atoms with Crippen LogP contribution in [0.25, 0.3) is 6.08 Å². The van der Waals surface area contributed by atoms with Gasteiger partial charge in [-0.15, -0.1) is 0 Å². The Morgan fingerprint density at radius 2 is 1.92 bits per heavy atom. The SMILES string of the molecule is COc1cc(/C=C/C(=O)O[C@H]2[C@H](O[C@@H]3C[C@H](OC)[C@H](O)[C@@H](O)/C3=C/C#N)O[C@H](CO)[C@@H](O)[C@@H]2O)ccc1O. The van der Waals surface area contributed by atoms with Crippen LogP contribution in [-0.2, 0) is 23.7 Å². The van der Waals surface area contributed by atoms with Gasteiger partial charge in [-0.1, -0.05) is 6.07 Å². The van der Waals surface area contributed by atoms with Crippen molar-refractivity contribution in [2.24, 2.45) is 0 Å². The van der Waals surface area contributed by atoms with Gasteiger partial charge in [0, 0.05) is 31.3 Å². The van der Waals surface area contributed by atoms with Crippen molar-refractivity contribution < 1.29 is 59.1 Å². The van der Waals surface area contributed by atoms with E-state index in [9.17, 15) is 35.4 Å². The second-order valence-electron chi connectivity index (χ2n) is 8.72. The van der Waals surface area contributed by atoms with Crippen LogP contribution in [0.15, 0.2) is 35.9 Å². The molecule has 0 amide bonds. The first kappa shape index (κ1) is 29.5. The highest BCUT2D eigenvalue weighted by molar-refractivity contribution is 5.87. The third kappa shape index (κ3) is 6.49. The molecule has 1 saturated carbocycles. The lowest BCUT2D eigenvalue weighted by Crippen LogP contribution is -2.61. The summed E-state index contributed by atoms with van der Waals surface area (Å²) >= 11 is 0. The first-order chi connectivity index (χ1) is 18.1. The minimum Gasteiger partial charge on any atom is -0.504 e. The summed E-state index contributed by atoms with van der Waals surface area (Å²) in [5.41, 5.74) is 0.487. The molecule has 2 fully saturated rings. The molecule has 38 heavy (non-hydrogen) atoms. The van der Waals surface area contributed by atoms with E-state index in [4.69, 9.17) is 28.9 Å². The molecule has 13 nitrogen and oxygen atoms in total. The van der Waals surface area contributed by atoms with Crippen molar-refractivity contribution in [2.45, 2.75) is 61.5 Å². The number of carbonyl (C=O) groups excluding carboxylic acids is 1. The summed E-state index contributed by atoms with van der Waals surface area (Å²) in [6, 6.07) is 6.12. The number of hydrogen-bond donors (Lipinski definition) is 6. The van der Waals surface area contributed by atoms with Crippen molar-refractivity contribution in [3.8, 4) is 17.6 Å². The molecule has 1 saturated heterocycles. The Kier molecular flexibility index (Phi) is 10.2. The van der Waals surface area contributed by atoms with Gasteiger partial charge in [0.25, 0.3) is 0 Å². The molecule has 13 heteroatoms. The molecule has 1 aromatic carbocycles. The van der Waals surface area contributed by atoms with Gasteiger partial charge in [-0.3, -0.25) is 0 Å². The van der Waals surface area contributed by atoms with Gasteiger partial charge in [0.15, 0.2) is 23.9 Å². The van der Waals surface area contributed by atoms with Crippen molar-refractivity contribution in [2.75, 3.05) is 20.8 Å². The Balaban J connectivity index is 1.83. The Morgan fingerprint density at radius 1 is 1.18 bits per heavy atom. The van der Waals surface area contributed by atoms with Crippen molar-refractivity contribution in [1.82, 2.24) is 0 Å². The smallest absolute Gasteiger partial charge is 0.331 e. The number of carbonyl (C=O) groups is 1. The van der Waals surface area contributed by atoms with Crippen LogP contribution >= 0.6 is 0 Å². The van der Waals surface area contributed by atoms with E-state index in [-0.39, 0.29) is 23.5 Å². The number of nitrogens with zero attached hydrogens (tertiary/aromatic N) is 1. The van der Waals surface area contributed by atoms with E-state index in [1.165, 1.54) is 38.5 Å². The summed E-state index contributed by atoms with van der Waals surface area (Å²) < 4.78 is 27.0. The average Bonchev–Trinajstić information content (AvgIpc) is 2.91. The van der Waals surface area contributed by atoms with Gasteiger partial charge in [0.1, 0.15) is 30.5 Å². The number of phenols is 1. The Morgan fingerprint density at radius 3 is 2.55 bits per heavy atom. The fourth-order valence-corrected chi connectivity index (χ4v) is 4.29. The van der Waals surface area contributed by atoms with Gasteiger partial charge in [-0.2, -0.15) is 5.26 Å². The fourth-order valence-electron chi connectivity index (χ4n) is 4.29. The largest absolute Gasteiger partial charge is 0.504 e. The van der Waals surface area contributed by atoms with Gasteiger partial charge in [0.05, 0.1) is 32.0 Å². The molecular weight excluding hydrogens is 506 g/mol. The molecule has 0 aromatic heterocycles. The number of aliphatic hydroxyl groups excluding tert-OH is 5. The van der Waals surface area contributed by atoms with Crippen LogP contribution in [0.4, 0.5) is 0 Å². The number of phenolic OH excluding ortho intramolecular Hbond substituents is 1. The number of benzene rings is 1. The maximum absolute atomic E-state index is 12.6. The summed E-state index contributed by atoms with van der Waals surface area (Å²) in [6.07, 6.45) is -9.29. The molecule has 0 bridgehead atoms. The summed E-state index contributed by atoms with van der Waals surface area (Å²) in [5.74, 6) is -0.865. The van der Waals surface area contributed by atoms with Gasteiger partial charge < -0.3 is 54.3 Å². The van der Waals surface area contributed by atoms with E-state index in [1.54, 1.807) is 6.07 Å². The summed E-state index contributed by atoms with van der Waals surface area (Å²) in [5, 5.41) is 70.2. The minimum absolute atomic E-state index is 0.00399. The molecule has 6 N–H and O–H groups in total. The fraction of sp³-hybridized carbons (Fsp3) is 0.520. The number of esters is 1. The zero-order valence-electron chi connectivity index (χ0n) is 20.7. The predicted octanol–water partition coefficient (Wildman–Crippen LogP) is -1.26. The average molecular weight is 538 g/mol. The number of nitriles is 1. The molecule has 0 radical (unpaired) electrons. The summed E-state index contributed by atoms with van der Waals surface area (Å²) in [4.78, 5) is 12.6. The number of aliphatic hydroxyl groups is 5. The van der Waals surface area contributed by atoms with E-state index in [2.05, 4.69) is 0 Å². The monoisotopic (exact) mass is 537 g/mol. The standard InChI is InChI=1S/C25H31NO12/c1-34-16-9-12(3-5-14(16)28)4-6-19(29)38-24-23(33)22(32)18(11-27)37-25(24)36-15-10-17(35-2)21(31)20(30)13(15)7-8-26/h3-7,9,15,17-18,20-25,27-28,30-33H,10-11H2,1-2H3/b6-4+,13-7+/t15-,17+,18-,20+,21+,22-,23+,24-,25-/m1/s1. The van der Waals surface area contributed by atoms with E-state index < -0.39 is 67.7 Å². The molecule has 1 aromatic rings. The number of methoxy groups -OCH3 is 2. The molecule has 208 valence electrons. The highest BCUT2D eigenvalue weighted by Gasteiger charge is 2.50. The molecule has 3 rings (SSSR count). The van der Waals surface area contributed by atoms with Crippen molar-refractivity contribution >= 4 is 12.0 Å². The van der Waals surface area contributed by atoms with Gasteiger partial charge in [0.2, 0.25) is 0 Å². The molecular formula is C25H31NO12. The van der Waals surface area contributed by atoms with Crippen LogP contribution in [0.2, 0.25) is 0 Å². The molecule has 0 spiro atoms. The predicted molar refractivity (Wildman–Crippen MR) is 127 cm³/mol. The van der Waals surface area contributed by atoms with Crippen molar-refractivity contribution in [1.29, 1.82) is 5.26 Å². The molecule has 9 atom stereocenters. The molecule has 2 aliphatic rings. The van der Waals surface area contributed by atoms with E-state index in [1.807, 2.05) is 0 Å². The molecule has 0 unspecified atom stereocenters. The maximum atomic E-state index is 12.6. The Hall–Kier alpha value is -3.06. The topological polar surface area (TPSA) is 208 Å². The quantitative estimate of drug-likeness (QED) is 0.130. The lowest BCUT2D eigenvalue weighted by Gasteiger charge is -2.44. The van der Waals surface area contributed by atoms with Crippen LogP contribution in [-0.4, -0.2) is 113 Å². The second-order valence-corrected chi connectivity index (χ2v) is 8.72. The van der Waals surface area contributed by atoms with Crippen molar-refractivity contribution in [3.05, 3.63) is 41.5 Å². The minimum atomic E-state index is -1.74. The second kappa shape index (κ2) is 13.1. The number of allylic oxidation sites excluding steroid dienone is 1. The van der Waals surface area contributed by atoms with Crippen LogP contribution in [0, 0.1) is 11.3 Å². The maximum Gasteiger partial charge on any atom is 0.331 e. The van der Waals surface area contributed by atoms with Crippen LogP contribution in [0.1, 0.15) is 12.0 Å². The summed E-state index contributed by atoms with van der Waals surface area (Å²) in [7, 11) is 2.68. The van der Waals surface area contributed by atoms with Gasteiger partial charge in [-0.25, -0.2) is 4.79 Å². The van der Waals surface area contributed by atoms with E-state index in [0.29, 0.717) is 5.56 Å². The van der Waals surface area contributed by atoms with E-state index >= 15 is 0 Å². The van der Waals surface area contributed by atoms with Crippen molar-refractivity contribution in [3.63, 3.8) is 0 Å². The van der Waals surface area contributed by atoms with Gasteiger partial charge >= 0.3 is 5.97 Å². The van der Waals surface area contributed by atoms with E-state index in [0.717, 1.165) is 12.2 Å². The van der Waals surface area contributed by atoms with Crippen LogP contribution < -0.4 is 4.74 Å². The summed E-state index contributed by atoms with van der Waals surface area (Å²) in [6.45, 7) is -0.699. The Bertz CT molecular complexity index is 1070. The van der Waals surface area contributed by atoms with Crippen LogP contribution in [0.3, 0.4) is 0 Å². The number of hydrogen-bond acceptors (Lipinski definition) is 13. The van der Waals surface area contributed by atoms with Gasteiger partial charge in [-0.05, 0) is 23.8 Å². The first-order valence-electron chi connectivity index (χ1n) is 11.7. The highest BCUT2D eigenvalue weighted by Crippen LogP contribution is 2.33. The third-order valence-electron chi connectivity index (χ3n) is 6.39. The molecule has 1 heterocycles. The zero-order chi connectivity index (χ0) is 28.0. The molecule has 1 aliphatic heterocycles. The first-order valence-corrected chi connectivity index (χ1v) is 11.7. The lowest BCUT2D eigenvalue weighted by atomic mass is 9.84. The third-order valence-corrected chi connectivity index (χ3v) is 6.39. The number of rotatable bonds is 8. The van der Waals surface area contributed by atoms with Crippen LogP contribution in [0.5, 0.6) is 11.5 Å². The number of aromatic hydroxyl groups is 1. The number of ether oxygens (including phenoxy) is 5. The highest BCUT2D eigenvalue weighted by atomic mass is 16.7. The lowest BCUT2D eigenvalue weighted by molar-refractivity contribution is -0.314. The Labute approximate surface area is 218 Å². The molecule has 1 aliphatic carbocycles.